The molecule has 0 atom stereocenters. The van der Waals surface area contributed by atoms with E-state index in [0.29, 0.717) is 34.0 Å². The first-order valence-corrected chi connectivity index (χ1v) is 9.96. The molecule has 0 aromatic heterocycles. The van der Waals surface area contributed by atoms with Crippen molar-refractivity contribution >= 4 is 28.8 Å². The molecule has 5 rings (SSSR count). The molecule has 6 nitrogen and oxygen atoms in total. The summed E-state index contributed by atoms with van der Waals surface area (Å²) in [6.07, 6.45) is 0. The first-order chi connectivity index (χ1) is 15.0. The minimum Gasteiger partial charge on any atom is -0.454 e. The zero-order valence-corrected chi connectivity index (χ0v) is 17.1. The summed E-state index contributed by atoms with van der Waals surface area (Å²) < 4.78 is 10.8. The number of rotatable bonds is 4. The van der Waals surface area contributed by atoms with E-state index in [2.05, 4.69) is 5.32 Å². The van der Waals surface area contributed by atoms with Crippen LogP contribution in [0.5, 0.6) is 11.5 Å². The molecule has 6 heteroatoms. The van der Waals surface area contributed by atoms with Gasteiger partial charge in [0, 0.05) is 11.8 Å². The molecular formula is C25H20N2O4. The first kappa shape index (κ1) is 18.9. The van der Waals surface area contributed by atoms with E-state index >= 15 is 0 Å². The van der Waals surface area contributed by atoms with Gasteiger partial charge in [0.1, 0.15) is 5.70 Å². The highest BCUT2D eigenvalue weighted by atomic mass is 16.7. The summed E-state index contributed by atoms with van der Waals surface area (Å²) in [4.78, 5) is 28.3. The molecule has 2 aliphatic heterocycles. The molecule has 31 heavy (non-hydrogen) atoms. The molecule has 1 N–H and O–H groups in total. The van der Waals surface area contributed by atoms with Crippen LogP contribution < -0.4 is 19.7 Å². The lowest BCUT2D eigenvalue weighted by Gasteiger charge is -2.19. The fourth-order valence-corrected chi connectivity index (χ4v) is 3.83. The van der Waals surface area contributed by atoms with Crippen LogP contribution in [0.4, 0.5) is 11.4 Å². The lowest BCUT2D eigenvalue weighted by molar-refractivity contribution is -0.120. The molecule has 0 fully saturated rings. The molecule has 3 aromatic carbocycles. The predicted octanol–water partition coefficient (Wildman–Crippen LogP) is 4.43. The van der Waals surface area contributed by atoms with Crippen LogP contribution in [0, 0.1) is 13.8 Å². The fraction of sp³-hybridized carbons (Fsp3) is 0.120. The highest BCUT2D eigenvalue weighted by molar-refractivity contribution is 6.46. The van der Waals surface area contributed by atoms with E-state index in [1.165, 1.54) is 4.90 Å². The largest absolute Gasteiger partial charge is 0.454 e. The van der Waals surface area contributed by atoms with Crippen LogP contribution in [-0.2, 0) is 9.59 Å². The van der Waals surface area contributed by atoms with E-state index in [4.69, 9.17) is 9.47 Å². The number of ether oxygens (including phenoxy) is 2. The van der Waals surface area contributed by atoms with Crippen molar-refractivity contribution < 1.29 is 19.1 Å². The van der Waals surface area contributed by atoms with Crippen LogP contribution in [-0.4, -0.2) is 18.6 Å². The van der Waals surface area contributed by atoms with Gasteiger partial charge in [-0.25, -0.2) is 4.90 Å². The fourth-order valence-electron chi connectivity index (χ4n) is 3.83. The summed E-state index contributed by atoms with van der Waals surface area (Å²) in [5, 5.41) is 3.17. The van der Waals surface area contributed by atoms with Crippen molar-refractivity contribution in [3.05, 3.63) is 89.1 Å². The Labute approximate surface area is 179 Å². The van der Waals surface area contributed by atoms with Crippen molar-refractivity contribution in [2.75, 3.05) is 17.0 Å². The Morgan fingerprint density at radius 2 is 1.61 bits per heavy atom. The lowest BCUT2D eigenvalue weighted by Crippen LogP contribution is -2.33. The molecule has 0 saturated heterocycles. The summed E-state index contributed by atoms with van der Waals surface area (Å²) in [5.74, 6) is 0.493. The molecule has 2 aliphatic rings. The van der Waals surface area contributed by atoms with E-state index in [9.17, 15) is 9.59 Å². The molecule has 0 radical (unpaired) electrons. The second kappa shape index (κ2) is 7.32. The van der Waals surface area contributed by atoms with Crippen LogP contribution in [0.15, 0.2) is 72.4 Å². The second-order valence-electron chi connectivity index (χ2n) is 7.47. The van der Waals surface area contributed by atoms with Crippen molar-refractivity contribution in [2.24, 2.45) is 0 Å². The summed E-state index contributed by atoms with van der Waals surface area (Å²) in [6, 6.07) is 20.2. The van der Waals surface area contributed by atoms with Gasteiger partial charge in [-0.05, 0) is 48.7 Å². The van der Waals surface area contributed by atoms with E-state index < -0.39 is 5.91 Å². The number of hydrogen-bond acceptors (Lipinski definition) is 5. The van der Waals surface area contributed by atoms with Crippen molar-refractivity contribution in [3.63, 3.8) is 0 Å². The van der Waals surface area contributed by atoms with Gasteiger partial charge in [-0.15, -0.1) is 0 Å². The molecule has 0 unspecified atom stereocenters. The molecule has 2 amide bonds. The van der Waals surface area contributed by atoms with Gasteiger partial charge in [-0.2, -0.15) is 0 Å². The number of nitrogens with zero attached hydrogens (tertiary/aromatic N) is 1. The third-order valence-corrected chi connectivity index (χ3v) is 5.61. The first-order valence-electron chi connectivity index (χ1n) is 9.96. The smallest absolute Gasteiger partial charge is 0.282 e. The third-order valence-electron chi connectivity index (χ3n) is 5.61. The van der Waals surface area contributed by atoms with Crippen molar-refractivity contribution in [3.8, 4) is 11.5 Å². The molecule has 154 valence electrons. The number of benzene rings is 3. The number of nitrogens with one attached hydrogen (secondary N) is 1. The van der Waals surface area contributed by atoms with Crippen LogP contribution in [0.1, 0.15) is 16.7 Å². The lowest BCUT2D eigenvalue weighted by atomic mass is 10.0. The minimum absolute atomic E-state index is 0.161. The van der Waals surface area contributed by atoms with Crippen LogP contribution >= 0.6 is 0 Å². The average Bonchev–Trinajstić information content (AvgIpc) is 3.33. The zero-order chi connectivity index (χ0) is 21.5. The van der Waals surface area contributed by atoms with E-state index in [1.54, 1.807) is 24.3 Å². The van der Waals surface area contributed by atoms with Gasteiger partial charge in [0.15, 0.2) is 11.5 Å². The molecule has 0 aliphatic carbocycles. The Hall–Kier alpha value is -4.06. The van der Waals surface area contributed by atoms with E-state index in [1.807, 2.05) is 56.3 Å². The molecule has 0 saturated carbocycles. The van der Waals surface area contributed by atoms with Gasteiger partial charge < -0.3 is 14.8 Å². The number of hydrogen-bond donors (Lipinski definition) is 1. The Kier molecular flexibility index (Phi) is 4.47. The molecule has 3 aromatic rings. The van der Waals surface area contributed by atoms with E-state index in [-0.39, 0.29) is 18.4 Å². The van der Waals surface area contributed by atoms with Gasteiger partial charge in [0.05, 0.1) is 11.3 Å². The standard InChI is InChI=1S/C25H20N2O4/c1-15-7-6-10-19(16(15)2)27-24(28)22(17-8-4-3-5-9-17)23(25(27)29)26-18-11-12-20-21(13-18)31-14-30-20/h3-13,26H,14H2,1-2H3. The number of fused-ring (bicyclic) bond motifs is 1. The molecule has 0 bridgehead atoms. The second-order valence-corrected chi connectivity index (χ2v) is 7.47. The van der Waals surface area contributed by atoms with Crippen LogP contribution in [0.2, 0.25) is 0 Å². The highest BCUT2D eigenvalue weighted by Gasteiger charge is 2.41. The number of carbonyl (C=O) groups is 2. The number of aryl methyl sites for hydroxylation is 1. The van der Waals surface area contributed by atoms with Gasteiger partial charge in [0.2, 0.25) is 6.79 Å². The minimum atomic E-state index is -0.393. The third kappa shape index (κ3) is 3.13. The normalized spacial score (nSPS) is 15.1. The summed E-state index contributed by atoms with van der Waals surface area (Å²) >= 11 is 0. The molecule has 0 spiro atoms. The Morgan fingerprint density at radius 3 is 2.42 bits per heavy atom. The summed E-state index contributed by atoms with van der Waals surface area (Å²) in [5.41, 5.74) is 4.37. The maximum atomic E-state index is 13.5. The molecule has 2 heterocycles. The monoisotopic (exact) mass is 412 g/mol. The number of carbonyl (C=O) groups excluding carboxylic acids is 2. The van der Waals surface area contributed by atoms with Gasteiger partial charge >= 0.3 is 0 Å². The SMILES string of the molecule is Cc1cccc(N2C(=O)C(Nc3ccc4c(c3)OCO4)=C(c3ccccc3)C2=O)c1C. The van der Waals surface area contributed by atoms with Gasteiger partial charge in [-0.3, -0.25) is 9.59 Å². The number of anilines is 2. The van der Waals surface area contributed by atoms with Crippen LogP contribution in [0.3, 0.4) is 0 Å². The zero-order valence-electron chi connectivity index (χ0n) is 17.1. The predicted molar refractivity (Wildman–Crippen MR) is 118 cm³/mol. The van der Waals surface area contributed by atoms with Crippen molar-refractivity contribution in [1.82, 2.24) is 0 Å². The summed E-state index contributed by atoms with van der Waals surface area (Å²) in [7, 11) is 0. The number of amides is 2. The Balaban J connectivity index is 1.61. The quantitative estimate of drug-likeness (QED) is 0.642. The van der Waals surface area contributed by atoms with Gasteiger partial charge in [0.25, 0.3) is 11.8 Å². The van der Waals surface area contributed by atoms with Gasteiger partial charge in [-0.1, -0.05) is 42.5 Å². The van der Waals surface area contributed by atoms with Crippen molar-refractivity contribution in [2.45, 2.75) is 13.8 Å². The highest BCUT2D eigenvalue weighted by Crippen LogP contribution is 2.38. The van der Waals surface area contributed by atoms with Crippen molar-refractivity contribution in [1.29, 1.82) is 0 Å². The van der Waals surface area contributed by atoms with Crippen LogP contribution in [0.25, 0.3) is 5.57 Å². The maximum absolute atomic E-state index is 13.5. The van der Waals surface area contributed by atoms with E-state index in [0.717, 1.165) is 11.1 Å². The molecular weight excluding hydrogens is 392 g/mol. The Morgan fingerprint density at radius 1 is 0.839 bits per heavy atom. The summed E-state index contributed by atoms with van der Waals surface area (Å²) in [6.45, 7) is 4.03. The number of imide groups is 1. The maximum Gasteiger partial charge on any atom is 0.282 e. The topological polar surface area (TPSA) is 67.9 Å². The average molecular weight is 412 g/mol. The Bertz CT molecular complexity index is 1250.